The van der Waals surface area contributed by atoms with E-state index < -0.39 is 0 Å². The molecule has 0 atom stereocenters. The Kier molecular flexibility index (Phi) is 2.24. The van der Waals surface area contributed by atoms with Crippen molar-refractivity contribution in [3.8, 4) is 5.69 Å². The molecule has 14 heavy (non-hydrogen) atoms. The molecular weight excluding hydrogens is 196 g/mol. The highest BCUT2D eigenvalue weighted by molar-refractivity contribution is 7.80. The van der Waals surface area contributed by atoms with Crippen molar-refractivity contribution in [2.24, 2.45) is 5.73 Å². The maximum Gasteiger partial charge on any atom is 0.172 e. The zero-order chi connectivity index (χ0) is 9.97. The zero-order valence-electron chi connectivity index (χ0n) is 7.29. The third-order valence-corrected chi connectivity index (χ3v) is 1.98. The van der Waals surface area contributed by atoms with Gasteiger partial charge in [0, 0.05) is 24.8 Å². The van der Waals surface area contributed by atoms with E-state index in [1.54, 1.807) is 18.6 Å². The topological polar surface area (TPSA) is 56.7 Å². The van der Waals surface area contributed by atoms with Crippen molar-refractivity contribution >= 4 is 17.2 Å². The Bertz CT molecular complexity index is 449. The quantitative estimate of drug-likeness (QED) is 0.738. The average molecular weight is 204 g/mol. The minimum Gasteiger partial charge on any atom is -0.387 e. The van der Waals surface area contributed by atoms with E-state index in [1.807, 2.05) is 22.9 Å². The maximum atomic E-state index is 5.53. The molecular formula is C9H8N4S. The van der Waals surface area contributed by atoms with Gasteiger partial charge in [0.1, 0.15) is 4.99 Å². The lowest BCUT2D eigenvalue weighted by atomic mass is 10.4. The van der Waals surface area contributed by atoms with E-state index in [0.29, 0.717) is 5.82 Å². The summed E-state index contributed by atoms with van der Waals surface area (Å²) in [6, 6.07) is 3.73. The summed E-state index contributed by atoms with van der Waals surface area (Å²) < 4.78 is 1.82. The Morgan fingerprint density at radius 3 is 2.64 bits per heavy atom. The van der Waals surface area contributed by atoms with Crippen LogP contribution < -0.4 is 5.73 Å². The molecule has 2 rings (SSSR count). The van der Waals surface area contributed by atoms with Crippen LogP contribution in [0.3, 0.4) is 0 Å². The molecule has 4 nitrogen and oxygen atoms in total. The lowest BCUT2D eigenvalue weighted by molar-refractivity contribution is 1.03. The van der Waals surface area contributed by atoms with Gasteiger partial charge in [0.2, 0.25) is 0 Å². The van der Waals surface area contributed by atoms with Gasteiger partial charge in [-0.15, -0.1) is 0 Å². The van der Waals surface area contributed by atoms with Crippen LogP contribution >= 0.6 is 12.2 Å². The van der Waals surface area contributed by atoms with E-state index in [0.717, 1.165) is 5.69 Å². The summed E-state index contributed by atoms with van der Waals surface area (Å²) in [4.78, 5) is 8.28. The summed E-state index contributed by atoms with van der Waals surface area (Å²) in [5.41, 5.74) is 6.47. The molecule has 0 saturated carbocycles. The number of nitrogens with two attached hydrogens (primary N) is 1. The molecule has 2 N–H and O–H groups in total. The second-order valence-electron chi connectivity index (χ2n) is 2.69. The van der Waals surface area contributed by atoms with Crippen molar-refractivity contribution in [3.63, 3.8) is 0 Å². The molecule has 0 saturated heterocycles. The first-order valence-corrected chi connectivity index (χ1v) is 4.43. The molecule has 0 aliphatic carbocycles. The van der Waals surface area contributed by atoms with E-state index in [9.17, 15) is 0 Å². The van der Waals surface area contributed by atoms with Crippen molar-refractivity contribution in [3.05, 3.63) is 42.7 Å². The summed E-state index contributed by atoms with van der Waals surface area (Å²) in [6.45, 7) is 0. The van der Waals surface area contributed by atoms with Crippen molar-refractivity contribution in [1.82, 2.24) is 14.5 Å². The third kappa shape index (κ3) is 1.49. The second-order valence-corrected chi connectivity index (χ2v) is 3.13. The number of nitrogens with zero attached hydrogens (tertiary/aromatic N) is 3. The van der Waals surface area contributed by atoms with Crippen molar-refractivity contribution in [1.29, 1.82) is 0 Å². The number of aromatic nitrogens is 3. The van der Waals surface area contributed by atoms with Gasteiger partial charge in [0.25, 0.3) is 0 Å². The van der Waals surface area contributed by atoms with Gasteiger partial charge in [0.15, 0.2) is 5.82 Å². The number of pyridine rings is 1. The lowest BCUT2D eigenvalue weighted by Crippen LogP contribution is -2.15. The van der Waals surface area contributed by atoms with Crippen LogP contribution in [0, 0.1) is 0 Å². The van der Waals surface area contributed by atoms with Crippen LogP contribution in [0.5, 0.6) is 0 Å². The Balaban J connectivity index is 2.52. The van der Waals surface area contributed by atoms with Crippen LogP contribution in [0.2, 0.25) is 0 Å². The lowest BCUT2D eigenvalue weighted by Gasteiger charge is -2.04. The van der Waals surface area contributed by atoms with E-state index in [1.165, 1.54) is 0 Å². The maximum absolute atomic E-state index is 5.53. The average Bonchev–Trinajstić information content (AvgIpc) is 2.67. The monoisotopic (exact) mass is 204 g/mol. The minimum absolute atomic E-state index is 0.284. The van der Waals surface area contributed by atoms with E-state index in [4.69, 9.17) is 18.0 Å². The van der Waals surface area contributed by atoms with Gasteiger partial charge >= 0.3 is 0 Å². The first-order chi connectivity index (χ1) is 6.79. The van der Waals surface area contributed by atoms with Crippen LogP contribution in [0.25, 0.3) is 5.69 Å². The Labute approximate surface area is 86.4 Å². The molecule has 0 fully saturated rings. The van der Waals surface area contributed by atoms with Crippen molar-refractivity contribution < 1.29 is 0 Å². The number of hydrogen-bond donors (Lipinski definition) is 1. The van der Waals surface area contributed by atoms with Gasteiger partial charge < -0.3 is 5.73 Å². The first-order valence-electron chi connectivity index (χ1n) is 4.02. The van der Waals surface area contributed by atoms with Gasteiger partial charge in [0.05, 0.1) is 5.69 Å². The molecule has 0 aliphatic rings. The Morgan fingerprint density at radius 2 is 2.00 bits per heavy atom. The molecule has 0 amide bonds. The summed E-state index contributed by atoms with van der Waals surface area (Å²) in [7, 11) is 0. The molecule has 70 valence electrons. The highest BCUT2D eigenvalue weighted by Gasteiger charge is 2.06. The van der Waals surface area contributed by atoms with Gasteiger partial charge in [-0.2, -0.15) is 0 Å². The molecule has 2 aromatic rings. The smallest absolute Gasteiger partial charge is 0.172 e. The predicted octanol–water partition coefficient (Wildman–Crippen LogP) is 0.902. The standard InChI is InChI=1S/C9H8N4S/c10-8(14)9-12-5-6-13(9)7-1-3-11-4-2-7/h1-6H,(H2,10,14). The minimum atomic E-state index is 0.284. The van der Waals surface area contributed by atoms with Gasteiger partial charge in [-0.1, -0.05) is 12.2 Å². The fraction of sp³-hybridized carbons (Fsp3) is 0. The summed E-state index contributed by atoms with van der Waals surface area (Å²) in [5.74, 6) is 0.589. The Hall–Kier alpha value is -1.75. The number of imidazole rings is 1. The number of rotatable bonds is 2. The Morgan fingerprint density at radius 1 is 1.29 bits per heavy atom. The van der Waals surface area contributed by atoms with Gasteiger partial charge in [-0.05, 0) is 12.1 Å². The summed E-state index contributed by atoms with van der Waals surface area (Å²) in [6.07, 6.45) is 6.89. The molecule has 0 bridgehead atoms. The highest BCUT2D eigenvalue weighted by atomic mass is 32.1. The van der Waals surface area contributed by atoms with E-state index in [-0.39, 0.29) is 4.99 Å². The summed E-state index contributed by atoms with van der Waals surface area (Å²) in [5, 5.41) is 0. The van der Waals surface area contributed by atoms with Crippen molar-refractivity contribution in [2.75, 3.05) is 0 Å². The highest BCUT2D eigenvalue weighted by Crippen LogP contribution is 2.08. The normalized spacial score (nSPS) is 10.0. The van der Waals surface area contributed by atoms with Gasteiger partial charge in [-0.3, -0.25) is 9.55 Å². The van der Waals surface area contributed by atoms with Crippen molar-refractivity contribution in [2.45, 2.75) is 0 Å². The fourth-order valence-electron chi connectivity index (χ4n) is 1.20. The molecule has 0 spiro atoms. The SMILES string of the molecule is NC(=S)c1nccn1-c1ccncc1. The molecule has 0 unspecified atom stereocenters. The van der Waals surface area contributed by atoms with Crippen LogP contribution in [0.15, 0.2) is 36.9 Å². The molecule has 5 heteroatoms. The number of thiocarbonyl (C=S) groups is 1. The largest absolute Gasteiger partial charge is 0.387 e. The van der Waals surface area contributed by atoms with Crippen LogP contribution in [0.4, 0.5) is 0 Å². The van der Waals surface area contributed by atoms with Crippen LogP contribution in [0.1, 0.15) is 5.82 Å². The van der Waals surface area contributed by atoms with Crippen LogP contribution in [-0.4, -0.2) is 19.5 Å². The van der Waals surface area contributed by atoms with Gasteiger partial charge in [-0.25, -0.2) is 4.98 Å². The summed E-state index contributed by atoms with van der Waals surface area (Å²) >= 11 is 4.88. The fourth-order valence-corrected chi connectivity index (χ4v) is 1.35. The van der Waals surface area contributed by atoms with E-state index in [2.05, 4.69) is 9.97 Å². The predicted molar refractivity (Wildman–Crippen MR) is 57.2 cm³/mol. The molecule has 0 aliphatic heterocycles. The third-order valence-electron chi connectivity index (χ3n) is 1.80. The molecule has 0 aromatic carbocycles. The van der Waals surface area contributed by atoms with Crippen LogP contribution in [-0.2, 0) is 0 Å². The number of hydrogen-bond acceptors (Lipinski definition) is 3. The second kappa shape index (κ2) is 3.55. The molecule has 0 radical (unpaired) electrons. The molecule has 2 aromatic heterocycles. The first kappa shape index (κ1) is 8.83. The molecule has 2 heterocycles. The zero-order valence-corrected chi connectivity index (χ0v) is 8.11. The van der Waals surface area contributed by atoms with E-state index >= 15 is 0 Å².